The van der Waals surface area contributed by atoms with Gasteiger partial charge < -0.3 is 34.5 Å². The monoisotopic (exact) mass is 768 g/mol. The Morgan fingerprint density at radius 1 is 1.04 bits per heavy atom. The largest absolute Gasteiger partial charge is 0.497 e. The first kappa shape index (κ1) is 36.6. The molecule has 274 valence electrons. The molecular weight excluding hydrogens is 724 g/mol. The lowest BCUT2D eigenvalue weighted by Crippen LogP contribution is -2.56. The van der Waals surface area contributed by atoms with Crippen molar-refractivity contribution in [1.29, 1.82) is 0 Å². The first-order valence-electron chi connectivity index (χ1n) is 17.7. The number of ketones is 1. The molecule has 1 saturated heterocycles. The van der Waals surface area contributed by atoms with Gasteiger partial charge in [0.05, 0.1) is 31.6 Å². The van der Waals surface area contributed by atoms with Gasteiger partial charge in [-0.1, -0.05) is 40.9 Å². The quantitative estimate of drug-likeness (QED) is 0.166. The second-order valence-corrected chi connectivity index (χ2v) is 14.3. The number of ether oxygens (including phenoxy) is 4. The summed E-state index contributed by atoms with van der Waals surface area (Å²) in [4.78, 5) is 73.5. The summed E-state index contributed by atoms with van der Waals surface area (Å²) in [5, 5.41) is 6.43. The normalized spacial score (nSPS) is 27.6. The number of allylic oxidation sites excluding steroid dienone is 1. The molecule has 3 fully saturated rings. The van der Waals surface area contributed by atoms with Crippen LogP contribution in [0.3, 0.4) is 0 Å². The summed E-state index contributed by atoms with van der Waals surface area (Å²) >= 11 is 3.22. The number of nitrogens with one attached hydrogen (secondary N) is 2. The van der Waals surface area contributed by atoms with Crippen molar-refractivity contribution in [2.45, 2.75) is 100 Å². The molecule has 2 saturated carbocycles. The molecule has 1 unspecified atom stereocenters. The molecule has 6 rings (SSSR count). The average molecular weight is 770 g/mol. The van der Waals surface area contributed by atoms with Crippen LogP contribution in [0.5, 0.6) is 11.5 Å². The Kier molecular flexibility index (Phi) is 11.5. The Hall–Kier alpha value is -4.20. The van der Waals surface area contributed by atoms with Crippen LogP contribution in [0.1, 0.15) is 81.1 Å². The van der Waals surface area contributed by atoms with Crippen LogP contribution in [0.4, 0.5) is 4.79 Å². The second-order valence-electron chi connectivity index (χ2n) is 13.8. The molecule has 5 atom stereocenters. The Morgan fingerprint density at radius 3 is 2.57 bits per heavy atom. The number of esters is 1. The van der Waals surface area contributed by atoms with E-state index in [0.29, 0.717) is 41.7 Å². The number of amides is 3. The molecular formula is C37H45BrN4O9. The minimum absolute atomic E-state index is 0.0169. The molecule has 4 aliphatic rings. The van der Waals surface area contributed by atoms with Crippen LogP contribution in [-0.2, 0) is 23.9 Å². The molecule has 51 heavy (non-hydrogen) atoms. The van der Waals surface area contributed by atoms with E-state index in [0.717, 1.165) is 44.9 Å². The molecule has 0 spiro atoms. The molecule has 0 bridgehead atoms. The van der Waals surface area contributed by atoms with Gasteiger partial charge in [-0.15, -0.1) is 0 Å². The van der Waals surface area contributed by atoms with Crippen molar-refractivity contribution in [2.75, 3.05) is 26.1 Å². The number of Topliss-reactive ketones (excluding diaryl/α,β-unsaturated/α-hetero) is 1. The van der Waals surface area contributed by atoms with Crippen molar-refractivity contribution in [3.05, 3.63) is 42.1 Å². The standard InChI is InChI=1S/C37H45BrN4O9/c1-48-24-14-15-26-28(16-24)39-29(31(43)20-38)18-32(26)50-25-17-30-33(44)41-37(35(46)49-2)19-22(37)10-6-4-3-5-7-13-27(34(45)42(30)21-25)40-36(47)51-23-11-8-9-12-23/h6,10,14-16,18,22-23,25,27,30H,3-5,7-9,11-13,17,19-21H2,1-2H3,(H,40,47)(H,41,44)/b10-6-/t22?,25-,27+,30+,37-/m1/s1. The van der Waals surface area contributed by atoms with E-state index in [4.69, 9.17) is 18.9 Å². The maximum Gasteiger partial charge on any atom is 0.408 e. The number of methoxy groups -OCH3 is 2. The summed E-state index contributed by atoms with van der Waals surface area (Å²) in [6.45, 7) is 0.0169. The van der Waals surface area contributed by atoms with E-state index in [1.807, 2.05) is 12.2 Å². The summed E-state index contributed by atoms with van der Waals surface area (Å²) in [5.74, 6) is -1.07. The number of fused-ring (bicyclic) bond motifs is 3. The maximum absolute atomic E-state index is 14.5. The third-order valence-electron chi connectivity index (χ3n) is 10.3. The number of rotatable bonds is 8. The zero-order valence-corrected chi connectivity index (χ0v) is 30.6. The number of pyridine rings is 1. The summed E-state index contributed by atoms with van der Waals surface area (Å²) in [5.41, 5.74) is -0.567. The number of hydrogen-bond acceptors (Lipinski definition) is 10. The highest BCUT2D eigenvalue weighted by Crippen LogP contribution is 2.46. The Balaban J connectivity index is 1.32. The SMILES string of the molecule is COC(=O)[C@@]12CC1/C=C\CCCCC[C@H](NC(=O)OC1CCCC1)C(=O)N1C[C@H](Oc3cc(C(=O)CBr)nc4cc(OC)ccc34)C[C@H]1C(=O)N2. The molecule has 14 heteroatoms. The van der Waals surface area contributed by atoms with Gasteiger partial charge >= 0.3 is 12.1 Å². The molecule has 3 amide bonds. The van der Waals surface area contributed by atoms with Gasteiger partial charge in [0.15, 0.2) is 5.78 Å². The van der Waals surface area contributed by atoms with Gasteiger partial charge in [-0.05, 0) is 63.5 Å². The lowest BCUT2D eigenvalue weighted by atomic mass is 10.0. The van der Waals surface area contributed by atoms with Crippen LogP contribution in [0, 0.1) is 5.92 Å². The number of halogens is 1. The van der Waals surface area contributed by atoms with Gasteiger partial charge in [0.25, 0.3) is 0 Å². The number of alkyl halides is 1. The van der Waals surface area contributed by atoms with Gasteiger partial charge in [0.2, 0.25) is 11.8 Å². The fourth-order valence-electron chi connectivity index (χ4n) is 7.44. The van der Waals surface area contributed by atoms with Crippen LogP contribution in [0.2, 0.25) is 0 Å². The maximum atomic E-state index is 14.5. The average Bonchev–Trinajstić information content (AvgIpc) is 3.41. The van der Waals surface area contributed by atoms with Crippen LogP contribution in [-0.4, -0.2) is 95.5 Å². The smallest absolute Gasteiger partial charge is 0.408 e. The molecule has 2 N–H and O–H groups in total. The van der Waals surface area contributed by atoms with Gasteiger partial charge in [-0.25, -0.2) is 14.6 Å². The van der Waals surface area contributed by atoms with Crippen molar-refractivity contribution in [3.63, 3.8) is 0 Å². The first-order valence-corrected chi connectivity index (χ1v) is 18.9. The fourth-order valence-corrected chi connectivity index (χ4v) is 7.73. The number of benzene rings is 1. The zero-order chi connectivity index (χ0) is 36.1. The summed E-state index contributed by atoms with van der Waals surface area (Å²) in [6.07, 6.45) is 9.99. The van der Waals surface area contributed by atoms with Crippen molar-refractivity contribution in [2.24, 2.45) is 5.92 Å². The molecule has 0 radical (unpaired) electrons. The predicted molar refractivity (Wildman–Crippen MR) is 190 cm³/mol. The van der Waals surface area contributed by atoms with Gasteiger partial charge in [-0.3, -0.25) is 14.4 Å². The zero-order valence-electron chi connectivity index (χ0n) is 29.0. The number of alkyl carbamates (subject to hydrolysis) is 1. The van der Waals surface area contributed by atoms with E-state index in [1.54, 1.807) is 24.3 Å². The Bertz CT molecular complexity index is 1700. The van der Waals surface area contributed by atoms with E-state index in [9.17, 15) is 24.0 Å². The number of nitrogens with zero attached hydrogens (tertiary/aromatic N) is 2. The summed E-state index contributed by atoms with van der Waals surface area (Å²) in [6, 6.07) is 4.85. The molecule has 1 aromatic carbocycles. The van der Waals surface area contributed by atoms with Crippen molar-refractivity contribution in [3.8, 4) is 11.5 Å². The van der Waals surface area contributed by atoms with Gasteiger partial charge in [0.1, 0.15) is 47.0 Å². The van der Waals surface area contributed by atoms with Crippen molar-refractivity contribution < 1.29 is 42.9 Å². The lowest BCUT2D eigenvalue weighted by molar-refractivity contribution is -0.148. The molecule has 3 heterocycles. The van der Waals surface area contributed by atoms with Gasteiger partial charge in [-0.2, -0.15) is 0 Å². The minimum Gasteiger partial charge on any atom is -0.497 e. The highest BCUT2D eigenvalue weighted by Gasteiger charge is 2.62. The van der Waals surface area contributed by atoms with Crippen LogP contribution in [0.25, 0.3) is 10.9 Å². The lowest BCUT2D eigenvalue weighted by Gasteiger charge is -2.29. The molecule has 2 aliphatic heterocycles. The third-order valence-corrected chi connectivity index (χ3v) is 10.8. The van der Waals surface area contributed by atoms with Crippen LogP contribution >= 0.6 is 15.9 Å². The predicted octanol–water partition coefficient (Wildman–Crippen LogP) is 4.77. The van der Waals surface area contributed by atoms with E-state index in [-0.39, 0.29) is 41.8 Å². The first-order chi connectivity index (χ1) is 24.6. The number of carbonyl (C=O) groups excluding carboxylic acids is 5. The van der Waals surface area contributed by atoms with E-state index < -0.39 is 47.6 Å². The van der Waals surface area contributed by atoms with E-state index in [1.165, 1.54) is 19.1 Å². The van der Waals surface area contributed by atoms with E-state index >= 15 is 0 Å². The Labute approximate surface area is 305 Å². The number of carbonyl (C=O) groups is 5. The molecule has 2 aromatic rings. The second kappa shape index (κ2) is 16.0. The highest BCUT2D eigenvalue weighted by molar-refractivity contribution is 9.09. The number of aromatic nitrogens is 1. The van der Waals surface area contributed by atoms with Crippen molar-refractivity contribution in [1.82, 2.24) is 20.5 Å². The van der Waals surface area contributed by atoms with Crippen LogP contribution in [0.15, 0.2) is 36.4 Å². The number of hydrogen-bond donors (Lipinski definition) is 2. The van der Waals surface area contributed by atoms with Crippen molar-refractivity contribution >= 4 is 56.5 Å². The summed E-state index contributed by atoms with van der Waals surface area (Å²) < 4.78 is 22.7. The third kappa shape index (κ3) is 8.15. The van der Waals surface area contributed by atoms with E-state index in [2.05, 4.69) is 31.5 Å². The van der Waals surface area contributed by atoms with Crippen LogP contribution < -0.4 is 20.1 Å². The van der Waals surface area contributed by atoms with Gasteiger partial charge in [0, 0.05) is 29.9 Å². The summed E-state index contributed by atoms with van der Waals surface area (Å²) in [7, 11) is 2.83. The minimum atomic E-state index is -1.23. The highest BCUT2D eigenvalue weighted by atomic mass is 79.9. The topological polar surface area (TPSA) is 162 Å². The fraction of sp³-hybridized carbons (Fsp3) is 0.568. The Morgan fingerprint density at radius 2 is 1.82 bits per heavy atom. The molecule has 1 aromatic heterocycles. The molecule has 13 nitrogen and oxygen atoms in total. The molecule has 2 aliphatic carbocycles.